The number of nitrogens with zero attached hydrogens (tertiary/aromatic N) is 1. The minimum absolute atomic E-state index is 0.308. The summed E-state index contributed by atoms with van der Waals surface area (Å²) in [4.78, 5) is 13.4. The van der Waals surface area contributed by atoms with Gasteiger partial charge in [-0.25, -0.2) is 0 Å². The number of hydrogen-bond acceptors (Lipinski definition) is 4. The Balaban J connectivity index is 1.88. The van der Waals surface area contributed by atoms with Crippen molar-refractivity contribution in [3.63, 3.8) is 0 Å². The Morgan fingerprint density at radius 1 is 1.40 bits per heavy atom. The summed E-state index contributed by atoms with van der Waals surface area (Å²) in [5, 5.41) is 3.12. The molecule has 1 aromatic rings. The summed E-state index contributed by atoms with van der Waals surface area (Å²) in [6, 6.07) is 8.12. The van der Waals surface area contributed by atoms with E-state index in [4.69, 9.17) is 10.5 Å². The van der Waals surface area contributed by atoms with Crippen LogP contribution in [0.15, 0.2) is 24.3 Å². The molecule has 0 unspecified atom stereocenters. The summed E-state index contributed by atoms with van der Waals surface area (Å²) in [6.07, 6.45) is 0. The van der Waals surface area contributed by atoms with Crippen LogP contribution < -0.4 is 11.1 Å². The van der Waals surface area contributed by atoms with Crippen molar-refractivity contribution in [2.24, 2.45) is 5.73 Å². The Bertz CT molecular complexity index is 444. The van der Waals surface area contributed by atoms with Crippen molar-refractivity contribution in [2.75, 3.05) is 26.3 Å². The van der Waals surface area contributed by atoms with E-state index in [1.807, 2.05) is 0 Å². The first-order valence-corrected chi connectivity index (χ1v) is 7.06. The van der Waals surface area contributed by atoms with E-state index in [9.17, 15) is 4.79 Å². The molecule has 1 fully saturated rings. The van der Waals surface area contributed by atoms with E-state index in [1.54, 1.807) is 6.92 Å². The lowest BCUT2D eigenvalue weighted by molar-refractivity contribution is -0.119. The summed E-state index contributed by atoms with van der Waals surface area (Å²) >= 11 is 0. The predicted molar refractivity (Wildman–Crippen MR) is 78.0 cm³/mol. The van der Waals surface area contributed by atoms with E-state index < -0.39 is 0 Å². The molecular weight excluding hydrogens is 254 g/mol. The van der Waals surface area contributed by atoms with Crippen molar-refractivity contribution in [2.45, 2.75) is 26.1 Å². The molecule has 1 aromatic carbocycles. The van der Waals surface area contributed by atoms with E-state index in [0.29, 0.717) is 6.54 Å². The normalized spacial score (nSPS) is 17.9. The number of carbonyl (C=O) groups is 1. The highest BCUT2D eigenvalue weighted by Crippen LogP contribution is 2.10. The Morgan fingerprint density at radius 3 is 2.80 bits per heavy atom. The maximum Gasteiger partial charge on any atom is 0.234 e. The van der Waals surface area contributed by atoms with Gasteiger partial charge in [-0.05, 0) is 18.1 Å². The molecule has 3 N–H and O–H groups in total. The van der Waals surface area contributed by atoms with Crippen LogP contribution in [0.1, 0.15) is 18.1 Å². The number of carbonyl (C=O) groups excluding carboxylic acids is 1. The number of nitrogens with one attached hydrogen (secondary N) is 1. The molecule has 0 radical (unpaired) electrons. The number of primary amides is 1. The fraction of sp³-hybridized carbons (Fsp3) is 0.533. The van der Waals surface area contributed by atoms with Crippen LogP contribution in [0.4, 0.5) is 0 Å². The van der Waals surface area contributed by atoms with Gasteiger partial charge in [0.1, 0.15) is 0 Å². The second kappa shape index (κ2) is 7.38. The molecule has 20 heavy (non-hydrogen) atoms. The first-order chi connectivity index (χ1) is 9.65. The molecule has 1 amide bonds. The first-order valence-electron chi connectivity index (χ1n) is 7.06. The van der Waals surface area contributed by atoms with Gasteiger partial charge in [0.15, 0.2) is 0 Å². The minimum atomic E-state index is -0.325. The fourth-order valence-corrected chi connectivity index (χ4v) is 2.23. The van der Waals surface area contributed by atoms with Gasteiger partial charge in [-0.2, -0.15) is 0 Å². The van der Waals surface area contributed by atoms with Crippen LogP contribution in [0.25, 0.3) is 0 Å². The van der Waals surface area contributed by atoms with Crippen LogP contribution in [0.5, 0.6) is 0 Å². The number of morpholine rings is 1. The molecule has 1 aliphatic heterocycles. The van der Waals surface area contributed by atoms with Crippen LogP contribution in [-0.2, 0) is 22.6 Å². The summed E-state index contributed by atoms with van der Waals surface area (Å²) in [5.41, 5.74) is 7.69. The highest BCUT2D eigenvalue weighted by molar-refractivity contribution is 5.79. The molecule has 1 heterocycles. The monoisotopic (exact) mass is 277 g/mol. The summed E-state index contributed by atoms with van der Waals surface area (Å²) in [7, 11) is 0. The third kappa shape index (κ3) is 4.59. The number of hydrogen-bond donors (Lipinski definition) is 2. The highest BCUT2D eigenvalue weighted by atomic mass is 16.5. The first kappa shape index (κ1) is 15.0. The standard InChI is InChI=1S/C15H23N3O2/c1-12(15(16)19)17-10-13-3-2-4-14(9-13)11-18-5-7-20-8-6-18/h2-4,9,12,17H,5-8,10-11H2,1H3,(H2,16,19)/t12-/m0/s1. The zero-order valence-corrected chi connectivity index (χ0v) is 12.0. The number of amides is 1. The molecule has 0 spiro atoms. The van der Waals surface area contributed by atoms with Gasteiger partial charge in [-0.3, -0.25) is 9.69 Å². The van der Waals surface area contributed by atoms with Gasteiger partial charge < -0.3 is 15.8 Å². The molecule has 5 heteroatoms. The van der Waals surface area contributed by atoms with Gasteiger partial charge in [0.25, 0.3) is 0 Å². The molecule has 1 saturated heterocycles. The van der Waals surface area contributed by atoms with Crippen molar-refractivity contribution >= 4 is 5.91 Å². The SMILES string of the molecule is C[C@H](NCc1cccc(CN2CCOCC2)c1)C(N)=O. The van der Waals surface area contributed by atoms with Crippen molar-refractivity contribution in [3.05, 3.63) is 35.4 Å². The van der Waals surface area contributed by atoms with E-state index in [-0.39, 0.29) is 11.9 Å². The molecule has 0 aromatic heterocycles. The molecular formula is C15H23N3O2. The number of rotatable bonds is 6. The van der Waals surface area contributed by atoms with Crippen LogP contribution >= 0.6 is 0 Å². The van der Waals surface area contributed by atoms with Crippen molar-refractivity contribution in [1.82, 2.24) is 10.2 Å². The van der Waals surface area contributed by atoms with E-state index >= 15 is 0 Å². The van der Waals surface area contributed by atoms with E-state index in [1.165, 1.54) is 11.1 Å². The molecule has 5 nitrogen and oxygen atoms in total. The number of ether oxygens (including phenoxy) is 1. The molecule has 1 aliphatic rings. The third-order valence-corrected chi connectivity index (χ3v) is 3.54. The predicted octanol–water partition coefficient (Wildman–Crippen LogP) is 0.482. The highest BCUT2D eigenvalue weighted by Gasteiger charge is 2.11. The second-order valence-electron chi connectivity index (χ2n) is 5.21. The molecule has 2 rings (SSSR count). The zero-order chi connectivity index (χ0) is 14.4. The van der Waals surface area contributed by atoms with Crippen LogP contribution in [0, 0.1) is 0 Å². The van der Waals surface area contributed by atoms with Crippen molar-refractivity contribution in [3.8, 4) is 0 Å². The maximum atomic E-state index is 11.0. The second-order valence-corrected chi connectivity index (χ2v) is 5.21. The Morgan fingerprint density at radius 2 is 2.10 bits per heavy atom. The van der Waals surface area contributed by atoms with Gasteiger partial charge in [-0.1, -0.05) is 24.3 Å². The molecule has 0 saturated carbocycles. The average Bonchev–Trinajstić information content (AvgIpc) is 2.46. The lowest BCUT2D eigenvalue weighted by Gasteiger charge is -2.26. The van der Waals surface area contributed by atoms with Crippen LogP contribution in [0.2, 0.25) is 0 Å². The minimum Gasteiger partial charge on any atom is -0.379 e. The maximum absolute atomic E-state index is 11.0. The van der Waals surface area contributed by atoms with Gasteiger partial charge in [-0.15, -0.1) is 0 Å². The number of benzene rings is 1. The largest absolute Gasteiger partial charge is 0.379 e. The third-order valence-electron chi connectivity index (χ3n) is 3.54. The topological polar surface area (TPSA) is 67.6 Å². The molecule has 110 valence electrons. The quantitative estimate of drug-likeness (QED) is 0.794. The summed E-state index contributed by atoms with van der Waals surface area (Å²) in [5.74, 6) is -0.325. The van der Waals surface area contributed by atoms with Crippen LogP contribution in [0.3, 0.4) is 0 Å². The molecule has 0 bridgehead atoms. The Hall–Kier alpha value is -1.43. The van der Waals surface area contributed by atoms with E-state index in [2.05, 4.69) is 34.5 Å². The lowest BCUT2D eigenvalue weighted by atomic mass is 10.1. The van der Waals surface area contributed by atoms with Crippen molar-refractivity contribution in [1.29, 1.82) is 0 Å². The summed E-state index contributed by atoms with van der Waals surface area (Å²) in [6.45, 7) is 6.99. The Labute approximate surface area is 120 Å². The van der Waals surface area contributed by atoms with Gasteiger partial charge in [0.05, 0.1) is 19.3 Å². The molecule has 0 aliphatic carbocycles. The van der Waals surface area contributed by atoms with Gasteiger partial charge in [0, 0.05) is 26.2 Å². The fourth-order valence-electron chi connectivity index (χ4n) is 2.23. The summed E-state index contributed by atoms with van der Waals surface area (Å²) < 4.78 is 5.35. The van der Waals surface area contributed by atoms with Crippen LogP contribution in [-0.4, -0.2) is 43.2 Å². The van der Waals surface area contributed by atoms with Crippen molar-refractivity contribution < 1.29 is 9.53 Å². The molecule has 1 atom stereocenters. The smallest absolute Gasteiger partial charge is 0.234 e. The Kier molecular flexibility index (Phi) is 5.52. The number of nitrogens with two attached hydrogens (primary N) is 1. The van der Waals surface area contributed by atoms with E-state index in [0.717, 1.165) is 32.8 Å². The lowest BCUT2D eigenvalue weighted by Crippen LogP contribution is -2.38. The van der Waals surface area contributed by atoms with Gasteiger partial charge >= 0.3 is 0 Å². The average molecular weight is 277 g/mol. The zero-order valence-electron chi connectivity index (χ0n) is 12.0. The van der Waals surface area contributed by atoms with Gasteiger partial charge in [0.2, 0.25) is 5.91 Å².